The smallest absolute Gasteiger partial charge is 0.294 e. The zero-order valence-electron chi connectivity index (χ0n) is 22.3. The first-order valence-corrected chi connectivity index (χ1v) is 15.0. The van der Waals surface area contributed by atoms with Gasteiger partial charge in [-0.3, -0.25) is 4.79 Å². The molecule has 1 aromatic carbocycles. The molecule has 1 aliphatic rings. The Hall–Kier alpha value is -1.92. The Bertz CT molecular complexity index is 1000. The molecule has 2 N–H and O–H groups in total. The Balaban J connectivity index is 1.64. The van der Waals surface area contributed by atoms with E-state index in [0.29, 0.717) is 17.9 Å². The number of fused-ring (bicyclic) bond motifs is 1. The van der Waals surface area contributed by atoms with Crippen LogP contribution < -0.4 is 10.5 Å². The van der Waals surface area contributed by atoms with Gasteiger partial charge in [-0.15, -0.1) is 0 Å². The number of nitrogens with two attached hydrogens (primary N) is 1. The number of hydrogen-bond donors (Lipinski definition) is 1. The summed E-state index contributed by atoms with van der Waals surface area (Å²) in [5.74, 6) is 2.55. The molecule has 6 heteroatoms. The van der Waals surface area contributed by atoms with Crippen LogP contribution in [0.1, 0.15) is 79.7 Å². The highest BCUT2D eigenvalue weighted by atomic mass is 28.4. The molecule has 0 spiro atoms. The minimum Gasteiger partial charge on any atom is -0.474 e. The van der Waals surface area contributed by atoms with E-state index in [-0.39, 0.29) is 16.7 Å². The third-order valence-electron chi connectivity index (χ3n) is 7.82. The fourth-order valence-corrected chi connectivity index (χ4v) is 6.47. The van der Waals surface area contributed by atoms with Crippen LogP contribution in [-0.2, 0) is 4.43 Å². The van der Waals surface area contributed by atoms with Gasteiger partial charge in [0, 0.05) is 24.0 Å². The third-order valence-corrected chi connectivity index (χ3v) is 12.3. The second-order valence-electron chi connectivity index (χ2n) is 12.2. The van der Waals surface area contributed by atoms with Crippen molar-refractivity contribution >= 4 is 24.8 Å². The quantitative estimate of drug-likeness (QED) is 0.422. The van der Waals surface area contributed by atoms with Crippen molar-refractivity contribution in [2.75, 3.05) is 6.61 Å². The van der Waals surface area contributed by atoms with Crippen molar-refractivity contribution < 1.29 is 14.0 Å². The Morgan fingerprint density at radius 1 is 1.06 bits per heavy atom. The highest BCUT2D eigenvalue weighted by molar-refractivity contribution is 7.02. The van der Waals surface area contributed by atoms with Crippen LogP contribution in [0.2, 0.25) is 11.6 Å². The van der Waals surface area contributed by atoms with Gasteiger partial charge in [0.2, 0.25) is 11.4 Å². The molecule has 5 nitrogen and oxygen atoms in total. The maximum Gasteiger partial charge on any atom is 0.294 e. The summed E-state index contributed by atoms with van der Waals surface area (Å²) in [5, 5.41) is 0.792. The third kappa shape index (κ3) is 6.00. The molecule has 1 aliphatic carbocycles. The maximum atomic E-state index is 12.2. The number of amides is 1. The topological polar surface area (TPSA) is 74.4 Å². The average Bonchev–Trinajstić information content (AvgIpc) is 2.75. The molecule has 1 fully saturated rings. The molecule has 34 heavy (non-hydrogen) atoms. The van der Waals surface area contributed by atoms with Crippen LogP contribution >= 0.6 is 0 Å². The van der Waals surface area contributed by atoms with Gasteiger partial charge in [0.25, 0.3) is 8.32 Å². The number of primary amides is 1. The predicted molar refractivity (Wildman–Crippen MR) is 142 cm³/mol. The number of hydrogen-bond acceptors (Lipinski definition) is 4. The molecule has 1 amide bonds. The molecule has 1 radical (unpaired) electrons. The summed E-state index contributed by atoms with van der Waals surface area (Å²) in [4.78, 5) is 16.9. The number of carbonyl (C=O) groups excluding carboxylic acids is 1. The van der Waals surface area contributed by atoms with Gasteiger partial charge in [0.1, 0.15) is 6.10 Å². The molecule has 0 bridgehead atoms. The highest BCUT2D eigenvalue weighted by Gasteiger charge is 2.48. The summed E-state index contributed by atoms with van der Waals surface area (Å²) in [6.45, 7) is 17.4. The lowest BCUT2D eigenvalue weighted by Gasteiger charge is -2.36. The van der Waals surface area contributed by atoms with Crippen molar-refractivity contribution in [1.82, 2.24) is 4.98 Å². The Morgan fingerprint density at radius 2 is 1.71 bits per heavy atom. The SMILES string of the molecule is C[C](CO[Si@@](C)(C(N)=O)C(C)(C)C)c1ccc2nc(O[C@H]3CC[C@H](C(C)(C)C)CC3)ccc2c1. The minimum atomic E-state index is -2.73. The lowest BCUT2D eigenvalue weighted by molar-refractivity contribution is 0.0854. The Kier molecular flexibility index (Phi) is 7.83. The van der Waals surface area contributed by atoms with Gasteiger partial charge in [-0.05, 0) is 72.4 Å². The normalized spacial score (nSPS) is 21.4. The molecule has 3 rings (SSSR count). The van der Waals surface area contributed by atoms with Crippen molar-refractivity contribution in [2.45, 2.75) is 91.8 Å². The van der Waals surface area contributed by atoms with Crippen LogP contribution in [0, 0.1) is 17.3 Å². The Labute approximate surface area is 206 Å². The molecule has 0 saturated heterocycles. The summed E-state index contributed by atoms with van der Waals surface area (Å²) in [7, 11) is -2.73. The van der Waals surface area contributed by atoms with Crippen molar-refractivity contribution in [3.05, 3.63) is 41.8 Å². The number of carbonyl (C=O) groups is 1. The molecule has 2 aromatic rings. The molecular weight excluding hydrogens is 440 g/mol. The van der Waals surface area contributed by atoms with Crippen LogP contribution in [0.15, 0.2) is 30.3 Å². The fourth-order valence-electron chi connectivity index (χ4n) is 4.65. The number of rotatable bonds is 7. The predicted octanol–water partition coefficient (Wildman–Crippen LogP) is 7.21. The molecule has 187 valence electrons. The van der Waals surface area contributed by atoms with E-state index in [0.717, 1.165) is 41.1 Å². The molecule has 1 aromatic heterocycles. The van der Waals surface area contributed by atoms with E-state index < -0.39 is 8.32 Å². The lowest BCUT2D eigenvalue weighted by atomic mass is 9.72. The van der Waals surface area contributed by atoms with Gasteiger partial charge < -0.3 is 14.9 Å². The van der Waals surface area contributed by atoms with E-state index >= 15 is 0 Å². The van der Waals surface area contributed by atoms with E-state index in [2.05, 4.69) is 39.0 Å². The van der Waals surface area contributed by atoms with Crippen LogP contribution in [0.3, 0.4) is 0 Å². The minimum absolute atomic E-state index is 0.252. The van der Waals surface area contributed by atoms with Crippen molar-refractivity contribution in [3.63, 3.8) is 0 Å². The zero-order valence-corrected chi connectivity index (χ0v) is 23.3. The first-order chi connectivity index (χ1) is 15.7. The molecule has 1 saturated carbocycles. The summed E-state index contributed by atoms with van der Waals surface area (Å²) >= 11 is 0. The first-order valence-electron chi connectivity index (χ1n) is 12.5. The lowest BCUT2D eigenvalue weighted by Crippen LogP contribution is -2.55. The van der Waals surface area contributed by atoms with E-state index in [1.165, 1.54) is 12.8 Å². The molecule has 1 atom stereocenters. The van der Waals surface area contributed by atoms with Gasteiger partial charge in [-0.25, -0.2) is 4.98 Å². The average molecular weight is 484 g/mol. The number of ether oxygens (including phenoxy) is 1. The van der Waals surface area contributed by atoms with Gasteiger partial charge >= 0.3 is 0 Å². The zero-order chi connectivity index (χ0) is 25.3. The molecule has 0 aliphatic heterocycles. The number of nitrogens with zero attached hydrogens (tertiary/aromatic N) is 1. The molecule has 0 unspecified atom stereocenters. The van der Waals surface area contributed by atoms with E-state index in [9.17, 15) is 4.79 Å². The van der Waals surface area contributed by atoms with E-state index in [1.807, 2.05) is 46.4 Å². The van der Waals surface area contributed by atoms with E-state index in [1.54, 1.807) is 0 Å². The summed E-state index contributed by atoms with van der Waals surface area (Å²) in [6, 6.07) is 10.3. The fraction of sp³-hybridized carbons (Fsp3) is 0.607. The summed E-state index contributed by atoms with van der Waals surface area (Å²) in [5.41, 5.74) is 7.80. The van der Waals surface area contributed by atoms with Gasteiger partial charge in [-0.2, -0.15) is 0 Å². The van der Waals surface area contributed by atoms with Gasteiger partial charge in [-0.1, -0.05) is 54.5 Å². The van der Waals surface area contributed by atoms with E-state index in [4.69, 9.17) is 19.9 Å². The number of benzene rings is 1. The largest absolute Gasteiger partial charge is 0.474 e. The second kappa shape index (κ2) is 9.98. The van der Waals surface area contributed by atoms with Crippen LogP contribution in [0.5, 0.6) is 5.88 Å². The molecular formula is C28H43N2O3Si. The number of aromatic nitrogens is 1. The maximum absolute atomic E-state index is 12.2. The van der Waals surface area contributed by atoms with Crippen molar-refractivity contribution in [1.29, 1.82) is 0 Å². The monoisotopic (exact) mass is 483 g/mol. The van der Waals surface area contributed by atoms with Crippen molar-refractivity contribution in [2.24, 2.45) is 17.1 Å². The van der Waals surface area contributed by atoms with Crippen LogP contribution in [0.4, 0.5) is 4.79 Å². The highest BCUT2D eigenvalue weighted by Crippen LogP contribution is 2.39. The second-order valence-corrected chi connectivity index (χ2v) is 16.6. The van der Waals surface area contributed by atoms with Gasteiger partial charge in [0.05, 0.1) is 5.52 Å². The summed E-state index contributed by atoms with van der Waals surface area (Å²) < 4.78 is 12.5. The number of pyridine rings is 1. The van der Waals surface area contributed by atoms with Gasteiger partial charge in [0.15, 0.2) is 0 Å². The molecule has 1 heterocycles. The van der Waals surface area contributed by atoms with Crippen LogP contribution in [0.25, 0.3) is 10.9 Å². The standard InChI is InChI=1S/C28H43N2O3Si/c1-19(18-32-34(8,26(29)31)28(5,6)7)20-9-15-24-21(17-20)10-16-25(30-24)33-23-13-11-22(12-14-23)27(2,3)4/h9-10,15-17,22-23H,11-14,18H2,1-8H3,(H2,29,31)/t22-,23-,34-/m0/s1. The van der Waals surface area contributed by atoms with Crippen molar-refractivity contribution in [3.8, 4) is 5.88 Å². The Morgan fingerprint density at radius 3 is 2.26 bits per heavy atom. The van der Waals surface area contributed by atoms with Crippen LogP contribution in [-0.4, -0.2) is 31.5 Å². The summed E-state index contributed by atoms with van der Waals surface area (Å²) in [6.07, 6.45) is 4.87. The first kappa shape index (κ1) is 26.7.